The molecule has 1 aliphatic carbocycles. The van der Waals surface area contributed by atoms with E-state index in [1.165, 1.54) is 22.3 Å². The molecule has 0 saturated heterocycles. The van der Waals surface area contributed by atoms with E-state index in [1.54, 1.807) is 0 Å². The van der Waals surface area contributed by atoms with Crippen molar-refractivity contribution in [3.05, 3.63) is 34.1 Å². The molecular formula is C11H12N. The van der Waals surface area contributed by atoms with Crippen LogP contribution >= 0.6 is 0 Å². The Morgan fingerprint density at radius 2 is 1.58 bits per heavy atom. The van der Waals surface area contributed by atoms with Crippen molar-refractivity contribution in [2.75, 3.05) is 0 Å². The topological polar surface area (TPSA) is 12.4 Å². The summed E-state index contributed by atoms with van der Waals surface area (Å²) in [6.07, 6.45) is 3.28. The maximum absolute atomic E-state index is 4.44. The summed E-state index contributed by atoms with van der Waals surface area (Å²) < 4.78 is 0. The molecule has 0 unspecified atom stereocenters. The van der Waals surface area contributed by atoms with Crippen LogP contribution in [-0.4, -0.2) is 5.71 Å². The van der Waals surface area contributed by atoms with Crippen molar-refractivity contribution in [1.82, 2.24) is 0 Å². The van der Waals surface area contributed by atoms with Crippen LogP contribution in [0.1, 0.15) is 27.7 Å². The quantitative estimate of drug-likeness (QED) is 0.514. The minimum Gasteiger partial charge on any atom is -0.252 e. The summed E-state index contributed by atoms with van der Waals surface area (Å²) in [6.45, 7) is 8.41. The molecular weight excluding hydrogens is 146 g/mol. The predicted molar refractivity (Wildman–Crippen MR) is 50.9 cm³/mol. The van der Waals surface area contributed by atoms with Crippen LogP contribution in [0.4, 0.5) is 0 Å². The third-order valence-corrected chi connectivity index (χ3v) is 2.68. The van der Waals surface area contributed by atoms with Gasteiger partial charge in [0.1, 0.15) is 0 Å². The normalized spacial score (nSPS) is 21.7. The molecule has 61 valence electrons. The molecule has 0 aromatic heterocycles. The highest BCUT2D eigenvalue weighted by Gasteiger charge is 2.24. The van der Waals surface area contributed by atoms with E-state index in [-0.39, 0.29) is 0 Å². The van der Waals surface area contributed by atoms with Gasteiger partial charge in [-0.05, 0) is 44.4 Å². The Labute approximate surface area is 73.2 Å². The maximum Gasteiger partial charge on any atom is 0.0746 e. The van der Waals surface area contributed by atoms with Gasteiger partial charge in [0.25, 0.3) is 0 Å². The molecule has 2 rings (SSSR count). The van der Waals surface area contributed by atoms with E-state index in [9.17, 15) is 0 Å². The average Bonchev–Trinajstić information content (AvgIpc) is 2.49. The zero-order valence-corrected chi connectivity index (χ0v) is 7.95. The van der Waals surface area contributed by atoms with Crippen molar-refractivity contribution in [3.63, 3.8) is 0 Å². The van der Waals surface area contributed by atoms with Crippen LogP contribution in [0, 0.1) is 6.08 Å². The van der Waals surface area contributed by atoms with Crippen LogP contribution in [0.2, 0.25) is 0 Å². The summed E-state index contributed by atoms with van der Waals surface area (Å²) >= 11 is 0. The highest BCUT2D eigenvalue weighted by molar-refractivity contribution is 6.19. The second-order valence-electron chi connectivity index (χ2n) is 3.42. The molecule has 0 aromatic carbocycles. The lowest BCUT2D eigenvalue weighted by Gasteiger charge is -1.96. The fraction of sp³-hybridized carbons (Fsp3) is 0.364. The number of hydrogen-bond donors (Lipinski definition) is 0. The molecule has 1 heteroatoms. The zero-order chi connectivity index (χ0) is 8.88. The third-order valence-electron chi connectivity index (χ3n) is 2.68. The molecule has 0 fully saturated rings. The molecule has 0 spiro atoms. The van der Waals surface area contributed by atoms with Gasteiger partial charge in [0.05, 0.1) is 5.71 Å². The minimum atomic E-state index is 1.01. The zero-order valence-electron chi connectivity index (χ0n) is 7.95. The smallest absolute Gasteiger partial charge is 0.0746 e. The first-order valence-corrected chi connectivity index (χ1v) is 4.20. The van der Waals surface area contributed by atoms with Gasteiger partial charge in [-0.15, -0.1) is 0 Å². The molecule has 0 amide bonds. The van der Waals surface area contributed by atoms with Gasteiger partial charge in [-0.1, -0.05) is 0 Å². The Bertz CT molecular complexity index is 376. The fourth-order valence-electron chi connectivity index (χ4n) is 1.68. The molecule has 0 saturated carbocycles. The molecule has 0 bridgehead atoms. The highest BCUT2D eigenvalue weighted by Crippen LogP contribution is 2.34. The first-order valence-electron chi connectivity index (χ1n) is 4.20. The molecule has 1 nitrogen and oxygen atoms in total. The molecule has 12 heavy (non-hydrogen) atoms. The maximum atomic E-state index is 4.44. The number of fused-ring (bicyclic) bond motifs is 1. The van der Waals surface area contributed by atoms with Gasteiger partial charge in [-0.3, -0.25) is 4.99 Å². The molecule has 0 N–H and O–H groups in total. The van der Waals surface area contributed by atoms with Crippen LogP contribution in [0.15, 0.2) is 33.0 Å². The lowest BCUT2D eigenvalue weighted by molar-refractivity contribution is 1.28. The summed E-state index contributed by atoms with van der Waals surface area (Å²) in [5.74, 6) is 0. The van der Waals surface area contributed by atoms with Crippen LogP contribution < -0.4 is 0 Å². The number of nitrogens with zero attached hydrogens (tertiary/aromatic N) is 1. The Hall–Kier alpha value is -1.11. The van der Waals surface area contributed by atoms with E-state index in [2.05, 4.69) is 31.8 Å². The van der Waals surface area contributed by atoms with Crippen molar-refractivity contribution >= 4 is 5.71 Å². The van der Waals surface area contributed by atoms with Gasteiger partial charge >= 0.3 is 0 Å². The van der Waals surface area contributed by atoms with Crippen LogP contribution in [-0.2, 0) is 0 Å². The Morgan fingerprint density at radius 1 is 0.917 bits per heavy atom. The van der Waals surface area contributed by atoms with Gasteiger partial charge in [0.2, 0.25) is 0 Å². The summed E-state index contributed by atoms with van der Waals surface area (Å²) in [7, 11) is 0. The van der Waals surface area contributed by atoms with Crippen molar-refractivity contribution in [2.24, 2.45) is 4.99 Å². The highest BCUT2D eigenvalue weighted by atomic mass is 14.8. The first-order chi connectivity index (χ1) is 5.61. The monoisotopic (exact) mass is 158 g/mol. The van der Waals surface area contributed by atoms with E-state index in [4.69, 9.17) is 0 Å². The van der Waals surface area contributed by atoms with E-state index >= 15 is 0 Å². The van der Waals surface area contributed by atoms with Crippen LogP contribution in [0.5, 0.6) is 0 Å². The van der Waals surface area contributed by atoms with Gasteiger partial charge < -0.3 is 0 Å². The Balaban J connectivity index is 2.63. The van der Waals surface area contributed by atoms with Crippen LogP contribution in [0.3, 0.4) is 0 Å². The summed E-state index contributed by atoms with van der Waals surface area (Å²) in [5.41, 5.74) is 7.37. The number of aliphatic imine (C=N–C) groups is 1. The average molecular weight is 158 g/mol. The number of rotatable bonds is 0. The van der Waals surface area contributed by atoms with Crippen molar-refractivity contribution in [2.45, 2.75) is 27.7 Å². The van der Waals surface area contributed by atoms with Crippen molar-refractivity contribution in [1.29, 1.82) is 0 Å². The summed E-state index contributed by atoms with van der Waals surface area (Å²) in [4.78, 5) is 4.44. The van der Waals surface area contributed by atoms with Gasteiger partial charge in [-0.25, -0.2) is 0 Å². The van der Waals surface area contributed by atoms with Crippen molar-refractivity contribution < 1.29 is 0 Å². The molecule has 0 atom stereocenters. The van der Waals surface area contributed by atoms with E-state index in [0.29, 0.717) is 0 Å². The lowest BCUT2D eigenvalue weighted by atomic mass is 10.1. The molecule has 1 aliphatic heterocycles. The van der Waals surface area contributed by atoms with Gasteiger partial charge in [-0.2, -0.15) is 0 Å². The van der Waals surface area contributed by atoms with Gasteiger partial charge in [0.15, 0.2) is 0 Å². The van der Waals surface area contributed by atoms with Crippen molar-refractivity contribution in [3.8, 4) is 0 Å². The molecule has 0 aromatic rings. The standard InChI is InChI=1S/C11H12N/c1-6-5-10-8(3)7(2)9(4)11(10)12-6/h1-4H3. The minimum absolute atomic E-state index is 1.01. The second-order valence-corrected chi connectivity index (χ2v) is 3.42. The number of hydrogen-bond acceptors (Lipinski definition) is 1. The van der Waals surface area contributed by atoms with E-state index in [1.807, 2.05) is 6.92 Å². The largest absolute Gasteiger partial charge is 0.252 e. The molecule has 1 heterocycles. The van der Waals surface area contributed by atoms with E-state index in [0.717, 1.165) is 11.4 Å². The van der Waals surface area contributed by atoms with E-state index < -0.39 is 0 Å². The third kappa shape index (κ3) is 0.765. The predicted octanol–water partition coefficient (Wildman–Crippen LogP) is 2.81. The SMILES string of the molecule is CC1=[C]C2=C(C)C(C)=C(C)C2=N1. The Kier molecular flexibility index (Phi) is 1.38. The molecule has 2 aliphatic rings. The summed E-state index contributed by atoms with van der Waals surface area (Å²) in [6, 6.07) is 0. The van der Waals surface area contributed by atoms with Gasteiger partial charge in [0, 0.05) is 17.3 Å². The number of allylic oxidation sites excluding steroid dienone is 6. The second kappa shape index (κ2) is 2.19. The summed E-state index contributed by atoms with van der Waals surface area (Å²) in [5, 5.41) is 0. The van der Waals surface area contributed by atoms with Crippen LogP contribution in [0.25, 0.3) is 0 Å². The molecule has 1 radical (unpaired) electrons. The fourth-order valence-corrected chi connectivity index (χ4v) is 1.68. The first kappa shape index (κ1) is 7.53. The Morgan fingerprint density at radius 3 is 2.17 bits per heavy atom. The lowest BCUT2D eigenvalue weighted by Crippen LogP contribution is -1.94.